The molecule has 2 nitrogen and oxygen atoms in total. The van der Waals surface area contributed by atoms with Crippen LogP contribution in [0, 0.1) is 0 Å². The molecule has 0 aromatic carbocycles. The molecule has 2 saturated heterocycles. The van der Waals surface area contributed by atoms with E-state index in [1.54, 1.807) is 0 Å². The number of likely N-dealkylation sites (tertiary alicyclic amines) is 1. The fourth-order valence-electron chi connectivity index (χ4n) is 3.20. The van der Waals surface area contributed by atoms with E-state index in [-0.39, 0.29) is 0 Å². The van der Waals surface area contributed by atoms with Gasteiger partial charge in [0, 0.05) is 18.1 Å². The lowest BCUT2D eigenvalue weighted by molar-refractivity contribution is 0.0869. The van der Waals surface area contributed by atoms with E-state index >= 15 is 0 Å². The van der Waals surface area contributed by atoms with Crippen LogP contribution in [-0.4, -0.2) is 36.1 Å². The molecular formula is C12H24N2. The van der Waals surface area contributed by atoms with Crippen molar-refractivity contribution in [1.82, 2.24) is 10.2 Å². The largest absolute Gasteiger partial charge is 0.313 e. The van der Waals surface area contributed by atoms with Gasteiger partial charge in [0.1, 0.15) is 0 Å². The van der Waals surface area contributed by atoms with E-state index in [1.165, 1.54) is 45.2 Å². The molecule has 0 saturated carbocycles. The maximum atomic E-state index is 3.57. The predicted molar refractivity (Wildman–Crippen MR) is 60.5 cm³/mol. The Bertz CT molecular complexity index is 181. The molecule has 0 aromatic heterocycles. The molecule has 0 bridgehead atoms. The normalized spacial score (nSPS) is 40.3. The van der Waals surface area contributed by atoms with Crippen LogP contribution in [0.5, 0.6) is 0 Å². The third kappa shape index (κ3) is 1.96. The molecule has 1 N–H and O–H groups in total. The van der Waals surface area contributed by atoms with Crippen molar-refractivity contribution >= 4 is 0 Å². The van der Waals surface area contributed by atoms with Gasteiger partial charge in [-0.1, -0.05) is 13.3 Å². The molecule has 0 amide bonds. The Morgan fingerprint density at radius 1 is 1.29 bits per heavy atom. The fraction of sp³-hybridized carbons (Fsp3) is 1.00. The Balaban J connectivity index is 1.99. The number of rotatable bonds is 2. The number of nitrogens with one attached hydrogen (secondary N) is 1. The number of piperidine rings is 1. The summed E-state index contributed by atoms with van der Waals surface area (Å²) in [5.74, 6) is 0. The van der Waals surface area contributed by atoms with Crippen LogP contribution in [-0.2, 0) is 0 Å². The predicted octanol–water partition coefficient (Wildman–Crippen LogP) is 2.00. The lowest BCUT2D eigenvalue weighted by Crippen LogP contribution is -2.49. The molecule has 0 spiro atoms. The first-order valence-electron chi connectivity index (χ1n) is 6.32. The molecule has 2 fully saturated rings. The van der Waals surface area contributed by atoms with Gasteiger partial charge in [0.05, 0.1) is 0 Å². The number of hydrogen-bond donors (Lipinski definition) is 1. The minimum Gasteiger partial charge on any atom is -0.313 e. The maximum absolute atomic E-state index is 3.57. The third-order valence-electron chi connectivity index (χ3n) is 4.05. The van der Waals surface area contributed by atoms with Gasteiger partial charge >= 0.3 is 0 Å². The van der Waals surface area contributed by atoms with E-state index in [0.29, 0.717) is 6.04 Å². The van der Waals surface area contributed by atoms with Gasteiger partial charge in [0.25, 0.3) is 0 Å². The fourth-order valence-corrected chi connectivity index (χ4v) is 3.20. The average Bonchev–Trinajstić information content (AvgIpc) is 2.64. The summed E-state index contributed by atoms with van der Waals surface area (Å²) in [6.07, 6.45) is 6.99. The molecule has 82 valence electrons. The van der Waals surface area contributed by atoms with E-state index in [2.05, 4.69) is 24.1 Å². The van der Waals surface area contributed by atoms with Crippen LogP contribution in [0.25, 0.3) is 0 Å². The summed E-state index contributed by atoms with van der Waals surface area (Å²) in [4.78, 5) is 2.79. The Hall–Kier alpha value is -0.0800. The second-order valence-electron chi connectivity index (χ2n) is 4.89. The van der Waals surface area contributed by atoms with Gasteiger partial charge in [-0.05, 0) is 45.7 Å². The van der Waals surface area contributed by atoms with Gasteiger partial charge in [-0.25, -0.2) is 0 Å². The van der Waals surface area contributed by atoms with Gasteiger partial charge in [0.2, 0.25) is 0 Å². The SMILES string of the molecule is CCC1CCCCN1C1CCNC1C. The minimum absolute atomic E-state index is 0.710. The molecular weight excluding hydrogens is 172 g/mol. The third-order valence-corrected chi connectivity index (χ3v) is 4.05. The Labute approximate surface area is 88.1 Å². The molecule has 2 heterocycles. The van der Waals surface area contributed by atoms with Crippen molar-refractivity contribution in [3.05, 3.63) is 0 Å². The monoisotopic (exact) mass is 196 g/mol. The molecule has 0 aromatic rings. The van der Waals surface area contributed by atoms with Crippen LogP contribution in [0.2, 0.25) is 0 Å². The highest BCUT2D eigenvalue weighted by Gasteiger charge is 2.33. The second-order valence-corrected chi connectivity index (χ2v) is 4.89. The highest BCUT2D eigenvalue weighted by Crippen LogP contribution is 2.26. The second kappa shape index (κ2) is 4.63. The molecule has 2 rings (SSSR count). The zero-order chi connectivity index (χ0) is 9.97. The van der Waals surface area contributed by atoms with Crippen LogP contribution in [0.1, 0.15) is 46.0 Å². The van der Waals surface area contributed by atoms with Crippen LogP contribution < -0.4 is 5.32 Å². The topological polar surface area (TPSA) is 15.3 Å². The summed E-state index contributed by atoms with van der Waals surface area (Å²) in [6, 6.07) is 2.40. The molecule has 0 radical (unpaired) electrons. The van der Waals surface area contributed by atoms with Gasteiger partial charge in [-0.2, -0.15) is 0 Å². The van der Waals surface area contributed by atoms with Crippen molar-refractivity contribution in [2.75, 3.05) is 13.1 Å². The first-order valence-corrected chi connectivity index (χ1v) is 6.32. The van der Waals surface area contributed by atoms with E-state index in [0.717, 1.165) is 12.1 Å². The summed E-state index contributed by atoms with van der Waals surface area (Å²) in [5.41, 5.74) is 0. The highest BCUT2D eigenvalue weighted by atomic mass is 15.2. The molecule has 2 heteroatoms. The Morgan fingerprint density at radius 3 is 2.79 bits per heavy atom. The quantitative estimate of drug-likeness (QED) is 0.726. The summed E-state index contributed by atoms with van der Waals surface area (Å²) >= 11 is 0. The maximum Gasteiger partial charge on any atom is 0.0261 e. The molecule has 3 unspecified atom stereocenters. The summed E-state index contributed by atoms with van der Waals surface area (Å²) < 4.78 is 0. The molecule has 2 aliphatic heterocycles. The highest BCUT2D eigenvalue weighted by molar-refractivity contribution is 4.92. The summed E-state index contributed by atoms with van der Waals surface area (Å²) in [6.45, 7) is 7.25. The van der Waals surface area contributed by atoms with Crippen molar-refractivity contribution in [3.8, 4) is 0 Å². The summed E-state index contributed by atoms with van der Waals surface area (Å²) in [7, 11) is 0. The van der Waals surface area contributed by atoms with Crippen LogP contribution in [0.3, 0.4) is 0 Å². The lowest BCUT2D eigenvalue weighted by Gasteiger charge is -2.41. The Kier molecular flexibility index (Phi) is 3.45. The molecule has 0 aliphatic carbocycles. The zero-order valence-electron chi connectivity index (χ0n) is 9.63. The summed E-state index contributed by atoms with van der Waals surface area (Å²) in [5, 5.41) is 3.57. The van der Waals surface area contributed by atoms with E-state index in [1.807, 2.05) is 0 Å². The van der Waals surface area contributed by atoms with E-state index < -0.39 is 0 Å². The standard InChI is InChI=1S/C12H24N2/c1-3-11-6-4-5-9-14(11)12-7-8-13-10(12)2/h10-13H,3-9H2,1-2H3. The first-order chi connectivity index (χ1) is 6.83. The van der Waals surface area contributed by atoms with E-state index in [9.17, 15) is 0 Å². The van der Waals surface area contributed by atoms with Crippen molar-refractivity contribution in [1.29, 1.82) is 0 Å². The van der Waals surface area contributed by atoms with Crippen molar-refractivity contribution in [2.24, 2.45) is 0 Å². The molecule has 2 aliphatic rings. The average molecular weight is 196 g/mol. The van der Waals surface area contributed by atoms with Gasteiger partial charge in [-0.15, -0.1) is 0 Å². The smallest absolute Gasteiger partial charge is 0.0261 e. The zero-order valence-corrected chi connectivity index (χ0v) is 9.63. The number of hydrogen-bond acceptors (Lipinski definition) is 2. The van der Waals surface area contributed by atoms with E-state index in [4.69, 9.17) is 0 Å². The first kappa shape index (κ1) is 10.4. The molecule has 14 heavy (non-hydrogen) atoms. The van der Waals surface area contributed by atoms with Gasteiger partial charge in [-0.3, -0.25) is 4.90 Å². The van der Waals surface area contributed by atoms with Crippen LogP contribution in [0.4, 0.5) is 0 Å². The van der Waals surface area contributed by atoms with Crippen molar-refractivity contribution in [3.63, 3.8) is 0 Å². The van der Waals surface area contributed by atoms with Crippen molar-refractivity contribution in [2.45, 2.75) is 64.1 Å². The molecule has 3 atom stereocenters. The number of nitrogens with zero attached hydrogens (tertiary/aromatic N) is 1. The lowest BCUT2D eigenvalue weighted by atomic mass is 9.95. The van der Waals surface area contributed by atoms with Gasteiger partial charge < -0.3 is 5.32 Å². The van der Waals surface area contributed by atoms with Crippen LogP contribution >= 0.6 is 0 Å². The Morgan fingerprint density at radius 2 is 2.14 bits per heavy atom. The van der Waals surface area contributed by atoms with Gasteiger partial charge in [0.15, 0.2) is 0 Å². The van der Waals surface area contributed by atoms with Crippen molar-refractivity contribution < 1.29 is 0 Å². The minimum atomic E-state index is 0.710. The van der Waals surface area contributed by atoms with Crippen LogP contribution in [0.15, 0.2) is 0 Å².